The number of carbonyl (C=O) groups is 2. The summed E-state index contributed by atoms with van der Waals surface area (Å²) in [5.41, 5.74) is 1.41. The minimum Gasteiger partial charge on any atom is -0.476 e. The van der Waals surface area contributed by atoms with Gasteiger partial charge in [0.05, 0.1) is 5.69 Å². The molecular formula is C26H26N2O4. The summed E-state index contributed by atoms with van der Waals surface area (Å²) in [4.78, 5) is 27.1. The van der Waals surface area contributed by atoms with Crippen LogP contribution in [-0.4, -0.2) is 24.0 Å². The van der Waals surface area contributed by atoms with Crippen LogP contribution in [0.3, 0.4) is 0 Å². The fourth-order valence-electron chi connectivity index (χ4n) is 3.57. The average Bonchev–Trinajstić information content (AvgIpc) is 2.77. The molecule has 6 nitrogen and oxygen atoms in total. The van der Waals surface area contributed by atoms with Crippen molar-refractivity contribution >= 4 is 23.2 Å². The number of hydrogen-bond donors (Lipinski definition) is 1. The molecule has 0 bridgehead atoms. The summed E-state index contributed by atoms with van der Waals surface area (Å²) in [7, 11) is 0. The van der Waals surface area contributed by atoms with Crippen molar-refractivity contribution in [1.29, 1.82) is 0 Å². The first-order valence-corrected chi connectivity index (χ1v) is 10.6. The number of fused-ring (bicyclic) bond motifs is 1. The maximum absolute atomic E-state index is 12.9. The Morgan fingerprint density at radius 2 is 1.69 bits per heavy atom. The van der Waals surface area contributed by atoms with Gasteiger partial charge in [-0.15, -0.1) is 0 Å². The molecule has 0 aromatic heterocycles. The second kappa shape index (κ2) is 8.75. The van der Waals surface area contributed by atoms with Gasteiger partial charge in [0, 0.05) is 18.7 Å². The third-order valence-corrected chi connectivity index (χ3v) is 5.21. The van der Waals surface area contributed by atoms with Crippen LogP contribution in [-0.2, 0) is 9.59 Å². The number of aryl methyl sites for hydroxylation is 1. The summed E-state index contributed by atoms with van der Waals surface area (Å²) < 4.78 is 11.6. The zero-order valence-corrected chi connectivity index (χ0v) is 18.4. The summed E-state index contributed by atoms with van der Waals surface area (Å²) in [6.07, 6.45) is 0.164. The molecular weight excluding hydrogens is 404 g/mol. The number of benzene rings is 3. The third-order valence-electron chi connectivity index (χ3n) is 5.21. The van der Waals surface area contributed by atoms with Crippen LogP contribution in [0.2, 0.25) is 0 Å². The van der Waals surface area contributed by atoms with Crippen molar-refractivity contribution in [3.05, 3.63) is 78.4 Å². The van der Waals surface area contributed by atoms with Gasteiger partial charge in [0.25, 0.3) is 5.91 Å². The lowest BCUT2D eigenvalue weighted by Crippen LogP contribution is -2.53. The van der Waals surface area contributed by atoms with Crippen molar-refractivity contribution < 1.29 is 19.1 Å². The van der Waals surface area contributed by atoms with Gasteiger partial charge in [-0.25, -0.2) is 0 Å². The molecule has 3 aromatic carbocycles. The van der Waals surface area contributed by atoms with Gasteiger partial charge < -0.3 is 19.7 Å². The SMILES string of the molecule is Cc1ccc2c(c1)N(CCC(=O)Nc1ccc(Oc3ccccc3)cc1)C(=O)C(C)(C)O2. The number of ether oxygens (including phenoxy) is 2. The summed E-state index contributed by atoms with van der Waals surface area (Å²) >= 11 is 0. The largest absolute Gasteiger partial charge is 0.476 e. The predicted molar refractivity (Wildman–Crippen MR) is 124 cm³/mol. The van der Waals surface area contributed by atoms with Crippen LogP contribution in [0.4, 0.5) is 11.4 Å². The van der Waals surface area contributed by atoms with Crippen LogP contribution < -0.4 is 19.7 Å². The first-order chi connectivity index (χ1) is 15.3. The highest BCUT2D eigenvalue weighted by atomic mass is 16.5. The summed E-state index contributed by atoms with van der Waals surface area (Å²) in [5, 5.41) is 2.88. The number of para-hydroxylation sites is 1. The topological polar surface area (TPSA) is 67.9 Å². The molecule has 0 saturated carbocycles. The Balaban J connectivity index is 1.38. The second-order valence-corrected chi connectivity index (χ2v) is 8.28. The Labute approximate surface area is 187 Å². The zero-order valence-electron chi connectivity index (χ0n) is 18.4. The molecule has 0 atom stereocenters. The number of nitrogens with zero attached hydrogens (tertiary/aromatic N) is 1. The van der Waals surface area contributed by atoms with Crippen LogP contribution in [0.15, 0.2) is 72.8 Å². The molecule has 4 rings (SSSR count). The first-order valence-electron chi connectivity index (χ1n) is 10.6. The fourth-order valence-corrected chi connectivity index (χ4v) is 3.57. The predicted octanol–water partition coefficient (Wildman–Crippen LogP) is 5.32. The van der Waals surface area contributed by atoms with E-state index < -0.39 is 5.60 Å². The standard InChI is InChI=1S/C26H26N2O4/c1-18-9-14-23-22(17-18)28(25(30)26(2,3)32-23)16-15-24(29)27-19-10-12-21(13-11-19)31-20-7-5-4-6-8-20/h4-14,17H,15-16H2,1-3H3,(H,27,29). The fraction of sp³-hybridized carbons (Fsp3) is 0.231. The third kappa shape index (κ3) is 4.75. The van der Waals surface area contributed by atoms with Crippen molar-refractivity contribution in [3.63, 3.8) is 0 Å². The Bertz CT molecular complexity index is 1120. The maximum Gasteiger partial charge on any atom is 0.270 e. The van der Waals surface area contributed by atoms with E-state index in [0.29, 0.717) is 22.9 Å². The lowest BCUT2D eigenvalue weighted by Gasteiger charge is -2.38. The minimum absolute atomic E-state index is 0.161. The highest BCUT2D eigenvalue weighted by Gasteiger charge is 2.40. The quantitative estimate of drug-likeness (QED) is 0.575. The van der Waals surface area contributed by atoms with Crippen molar-refractivity contribution in [2.75, 3.05) is 16.8 Å². The van der Waals surface area contributed by atoms with Crippen molar-refractivity contribution in [3.8, 4) is 17.2 Å². The Morgan fingerprint density at radius 3 is 2.41 bits per heavy atom. The van der Waals surface area contributed by atoms with E-state index in [1.165, 1.54) is 0 Å². The van der Waals surface area contributed by atoms with E-state index in [2.05, 4.69) is 5.32 Å². The van der Waals surface area contributed by atoms with E-state index in [-0.39, 0.29) is 24.8 Å². The zero-order chi connectivity index (χ0) is 22.7. The van der Waals surface area contributed by atoms with E-state index in [0.717, 1.165) is 11.3 Å². The minimum atomic E-state index is -0.979. The van der Waals surface area contributed by atoms with Crippen LogP contribution in [0.1, 0.15) is 25.8 Å². The van der Waals surface area contributed by atoms with E-state index in [1.54, 1.807) is 43.0 Å². The average molecular weight is 431 g/mol. The number of anilines is 2. The van der Waals surface area contributed by atoms with Crippen LogP contribution in [0.5, 0.6) is 17.2 Å². The number of hydrogen-bond acceptors (Lipinski definition) is 4. The molecule has 0 unspecified atom stereocenters. The van der Waals surface area contributed by atoms with E-state index in [9.17, 15) is 9.59 Å². The van der Waals surface area contributed by atoms with Gasteiger partial charge in [-0.1, -0.05) is 24.3 Å². The van der Waals surface area contributed by atoms with E-state index >= 15 is 0 Å². The van der Waals surface area contributed by atoms with Gasteiger partial charge >= 0.3 is 0 Å². The van der Waals surface area contributed by atoms with Crippen LogP contribution in [0.25, 0.3) is 0 Å². The van der Waals surface area contributed by atoms with Gasteiger partial charge in [-0.2, -0.15) is 0 Å². The van der Waals surface area contributed by atoms with Gasteiger partial charge in [-0.05, 0) is 74.9 Å². The van der Waals surface area contributed by atoms with Gasteiger partial charge in [-0.3, -0.25) is 9.59 Å². The molecule has 1 aliphatic heterocycles. The van der Waals surface area contributed by atoms with Gasteiger partial charge in [0.1, 0.15) is 17.2 Å². The highest BCUT2D eigenvalue weighted by molar-refractivity contribution is 6.03. The van der Waals surface area contributed by atoms with Crippen molar-refractivity contribution in [2.45, 2.75) is 32.8 Å². The Hall–Kier alpha value is -3.80. The molecule has 32 heavy (non-hydrogen) atoms. The lowest BCUT2D eigenvalue weighted by atomic mass is 10.0. The second-order valence-electron chi connectivity index (χ2n) is 8.28. The summed E-state index contributed by atoms with van der Waals surface area (Å²) in [5.74, 6) is 1.74. The maximum atomic E-state index is 12.9. The Morgan fingerprint density at radius 1 is 1.00 bits per heavy atom. The van der Waals surface area contributed by atoms with Crippen molar-refractivity contribution in [1.82, 2.24) is 0 Å². The molecule has 0 fully saturated rings. The summed E-state index contributed by atoms with van der Waals surface area (Å²) in [6.45, 7) is 5.71. The molecule has 0 aliphatic carbocycles. The molecule has 1 heterocycles. The normalized spacial score (nSPS) is 14.3. The van der Waals surface area contributed by atoms with Gasteiger partial charge in [0.2, 0.25) is 5.91 Å². The Kier molecular flexibility index (Phi) is 5.86. The monoisotopic (exact) mass is 430 g/mol. The smallest absolute Gasteiger partial charge is 0.270 e. The molecule has 3 aromatic rings. The number of carbonyl (C=O) groups excluding carboxylic acids is 2. The number of nitrogens with one attached hydrogen (secondary N) is 1. The lowest BCUT2D eigenvalue weighted by molar-refractivity contribution is -0.132. The summed E-state index contributed by atoms with van der Waals surface area (Å²) in [6, 6.07) is 22.4. The van der Waals surface area contributed by atoms with Crippen molar-refractivity contribution in [2.24, 2.45) is 0 Å². The highest BCUT2D eigenvalue weighted by Crippen LogP contribution is 2.38. The molecule has 2 amide bonds. The van der Waals surface area contributed by atoms with Crippen LogP contribution in [0, 0.1) is 6.92 Å². The van der Waals surface area contributed by atoms with Gasteiger partial charge in [0.15, 0.2) is 5.60 Å². The van der Waals surface area contributed by atoms with E-state index in [4.69, 9.17) is 9.47 Å². The molecule has 0 spiro atoms. The molecule has 6 heteroatoms. The molecule has 1 N–H and O–H groups in total. The molecule has 1 aliphatic rings. The molecule has 0 saturated heterocycles. The number of amides is 2. The first kappa shape index (κ1) is 21.4. The molecule has 0 radical (unpaired) electrons. The van der Waals surface area contributed by atoms with E-state index in [1.807, 2.05) is 55.5 Å². The van der Waals surface area contributed by atoms with Crippen LogP contribution >= 0.6 is 0 Å². The molecule has 164 valence electrons. The number of rotatable bonds is 6.